The number of nitrogens with one attached hydrogen (secondary N) is 1. The summed E-state index contributed by atoms with van der Waals surface area (Å²) in [7, 11) is 0. The fourth-order valence-electron chi connectivity index (χ4n) is 1.97. The number of ketones is 1. The Balaban J connectivity index is 2.19. The smallest absolute Gasteiger partial charge is 0.344 e. The molecule has 24 heavy (non-hydrogen) atoms. The number of anilines is 1. The highest BCUT2D eigenvalue weighted by atomic mass is 32.2. The van der Waals surface area contributed by atoms with Crippen LogP contribution < -0.4 is 5.32 Å². The molecular formula is C14H15N3O5S2. The van der Waals surface area contributed by atoms with Crippen LogP contribution in [0.3, 0.4) is 0 Å². The molecule has 0 bridgehead atoms. The molecule has 2 aromatic heterocycles. The van der Waals surface area contributed by atoms with E-state index in [4.69, 9.17) is 9.15 Å². The van der Waals surface area contributed by atoms with Gasteiger partial charge in [0.2, 0.25) is 11.8 Å². The minimum atomic E-state index is -0.716. The van der Waals surface area contributed by atoms with Gasteiger partial charge >= 0.3 is 5.97 Å². The quantitative estimate of drug-likeness (QED) is 0.450. The van der Waals surface area contributed by atoms with Crippen molar-refractivity contribution < 1.29 is 23.5 Å². The Labute approximate surface area is 146 Å². The van der Waals surface area contributed by atoms with Gasteiger partial charge in [-0.1, -0.05) is 23.1 Å². The predicted molar refractivity (Wildman–Crippen MR) is 88.7 cm³/mol. The molecule has 2 rings (SSSR count). The van der Waals surface area contributed by atoms with Crippen molar-refractivity contribution in [2.45, 2.75) is 25.1 Å². The monoisotopic (exact) mass is 369 g/mol. The van der Waals surface area contributed by atoms with Crippen LogP contribution in [0.2, 0.25) is 0 Å². The number of aryl methyl sites for hydroxylation is 1. The van der Waals surface area contributed by atoms with Crippen LogP contribution in [0.1, 0.15) is 40.3 Å². The van der Waals surface area contributed by atoms with Crippen LogP contribution in [0.4, 0.5) is 5.88 Å². The van der Waals surface area contributed by atoms with E-state index in [2.05, 4.69) is 15.5 Å². The lowest BCUT2D eigenvalue weighted by molar-refractivity contribution is -0.113. The Bertz CT molecular complexity index is 755. The molecule has 1 amide bonds. The van der Waals surface area contributed by atoms with Crippen molar-refractivity contribution in [1.82, 2.24) is 10.2 Å². The van der Waals surface area contributed by atoms with Crippen LogP contribution in [0, 0.1) is 6.92 Å². The topological polar surface area (TPSA) is 111 Å². The lowest BCUT2D eigenvalue weighted by atomic mass is 10.1. The van der Waals surface area contributed by atoms with Gasteiger partial charge in [0.15, 0.2) is 10.1 Å². The molecule has 8 nitrogen and oxygen atoms in total. The Morgan fingerprint density at radius 2 is 2.12 bits per heavy atom. The summed E-state index contributed by atoms with van der Waals surface area (Å²) < 4.78 is 11.0. The lowest BCUT2D eigenvalue weighted by Crippen LogP contribution is -2.17. The van der Waals surface area contributed by atoms with E-state index < -0.39 is 11.9 Å². The van der Waals surface area contributed by atoms with Gasteiger partial charge < -0.3 is 9.15 Å². The number of furan rings is 1. The van der Waals surface area contributed by atoms with E-state index in [1.54, 1.807) is 19.4 Å². The highest BCUT2D eigenvalue weighted by Gasteiger charge is 2.28. The van der Waals surface area contributed by atoms with E-state index in [0.29, 0.717) is 4.34 Å². The standard InChI is InChI=1S/C14H15N3O5S2/c1-4-21-13(20)11-10(7(2)18)8(3)22-12(11)16-9(19)5-23-14-17-15-6-24-14/h6H,4-5H2,1-3H3,(H,16,19). The third kappa shape index (κ3) is 4.20. The second-order valence-electron chi connectivity index (χ2n) is 4.56. The summed E-state index contributed by atoms with van der Waals surface area (Å²) in [4.78, 5) is 36.0. The molecule has 0 fully saturated rings. The van der Waals surface area contributed by atoms with Crippen LogP contribution >= 0.6 is 23.1 Å². The zero-order chi connectivity index (χ0) is 17.7. The number of rotatable bonds is 7. The van der Waals surface area contributed by atoms with E-state index in [9.17, 15) is 14.4 Å². The summed E-state index contributed by atoms with van der Waals surface area (Å²) in [5.74, 6) is -1.23. The summed E-state index contributed by atoms with van der Waals surface area (Å²) in [6.45, 7) is 4.65. The van der Waals surface area contributed by atoms with E-state index >= 15 is 0 Å². The summed E-state index contributed by atoms with van der Waals surface area (Å²) in [6, 6.07) is 0. The van der Waals surface area contributed by atoms with Gasteiger partial charge in [0.25, 0.3) is 0 Å². The highest BCUT2D eigenvalue weighted by Crippen LogP contribution is 2.29. The van der Waals surface area contributed by atoms with Crippen LogP contribution in [-0.2, 0) is 9.53 Å². The number of ether oxygens (including phenoxy) is 1. The molecule has 0 atom stereocenters. The molecule has 0 radical (unpaired) electrons. The molecule has 10 heteroatoms. The van der Waals surface area contributed by atoms with Crippen molar-refractivity contribution in [1.29, 1.82) is 0 Å². The summed E-state index contributed by atoms with van der Waals surface area (Å²) >= 11 is 2.52. The molecule has 2 aromatic rings. The Morgan fingerprint density at radius 3 is 2.71 bits per heavy atom. The maximum Gasteiger partial charge on any atom is 0.344 e. The Morgan fingerprint density at radius 1 is 1.38 bits per heavy atom. The number of hydrogen-bond donors (Lipinski definition) is 1. The molecule has 0 spiro atoms. The van der Waals surface area contributed by atoms with Crippen molar-refractivity contribution in [3.63, 3.8) is 0 Å². The molecule has 0 saturated heterocycles. The fourth-order valence-corrected chi connectivity index (χ4v) is 3.26. The van der Waals surface area contributed by atoms with Crippen molar-refractivity contribution in [2.75, 3.05) is 17.7 Å². The second-order valence-corrected chi connectivity index (χ2v) is 6.61. The summed E-state index contributed by atoms with van der Waals surface area (Å²) in [6.07, 6.45) is 0. The van der Waals surface area contributed by atoms with E-state index in [1.165, 1.54) is 30.0 Å². The molecule has 2 heterocycles. The van der Waals surface area contributed by atoms with Crippen LogP contribution in [0.5, 0.6) is 0 Å². The van der Waals surface area contributed by atoms with Crippen LogP contribution in [0.15, 0.2) is 14.3 Å². The van der Waals surface area contributed by atoms with Gasteiger partial charge in [-0.2, -0.15) is 0 Å². The first kappa shape index (κ1) is 18.1. The number of carbonyl (C=O) groups is 3. The minimum absolute atomic E-state index is 0.0592. The van der Waals surface area contributed by atoms with E-state index in [1.807, 2.05) is 0 Å². The maximum absolute atomic E-state index is 12.1. The molecule has 0 saturated carbocycles. The molecular weight excluding hydrogens is 354 g/mol. The maximum atomic E-state index is 12.1. The number of hydrogen-bond acceptors (Lipinski definition) is 9. The first-order valence-corrected chi connectivity index (χ1v) is 8.80. The number of thioether (sulfide) groups is 1. The van der Waals surface area contributed by atoms with Gasteiger partial charge in [0.1, 0.15) is 16.8 Å². The van der Waals surface area contributed by atoms with Crippen molar-refractivity contribution in [2.24, 2.45) is 0 Å². The predicted octanol–water partition coefficient (Wildman–Crippen LogP) is 2.55. The molecule has 128 valence electrons. The van der Waals surface area contributed by atoms with Crippen molar-refractivity contribution >= 4 is 46.6 Å². The number of esters is 1. The molecule has 0 aliphatic heterocycles. The normalized spacial score (nSPS) is 10.5. The van der Waals surface area contributed by atoms with E-state index in [-0.39, 0.29) is 40.9 Å². The molecule has 0 unspecified atom stereocenters. The van der Waals surface area contributed by atoms with Gasteiger partial charge in [0, 0.05) is 0 Å². The number of aromatic nitrogens is 2. The average Bonchev–Trinajstić information content (AvgIpc) is 3.12. The molecule has 0 aromatic carbocycles. The average molecular weight is 369 g/mol. The first-order chi connectivity index (χ1) is 11.4. The molecule has 1 N–H and O–H groups in total. The van der Waals surface area contributed by atoms with Crippen LogP contribution in [0.25, 0.3) is 0 Å². The van der Waals surface area contributed by atoms with Gasteiger partial charge in [-0.3, -0.25) is 14.9 Å². The van der Waals surface area contributed by atoms with E-state index in [0.717, 1.165) is 0 Å². The Kier molecular flexibility index (Phi) is 6.10. The molecule has 0 aliphatic carbocycles. The Hall–Kier alpha value is -2.20. The van der Waals surface area contributed by atoms with Gasteiger partial charge in [-0.05, 0) is 20.8 Å². The largest absolute Gasteiger partial charge is 0.462 e. The number of carbonyl (C=O) groups excluding carboxylic acids is 3. The summed E-state index contributed by atoms with van der Waals surface area (Å²) in [5.41, 5.74) is 1.62. The fraction of sp³-hybridized carbons (Fsp3) is 0.357. The van der Waals surface area contributed by atoms with Gasteiger partial charge in [0.05, 0.1) is 17.9 Å². The van der Waals surface area contributed by atoms with Crippen LogP contribution in [-0.4, -0.2) is 40.2 Å². The van der Waals surface area contributed by atoms with Crippen molar-refractivity contribution in [3.05, 3.63) is 22.4 Å². The summed E-state index contributed by atoms with van der Waals surface area (Å²) in [5, 5.41) is 10.00. The van der Waals surface area contributed by atoms with Gasteiger partial charge in [-0.25, -0.2) is 4.79 Å². The third-order valence-electron chi connectivity index (χ3n) is 2.84. The van der Waals surface area contributed by atoms with Crippen molar-refractivity contribution in [3.8, 4) is 0 Å². The zero-order valence-corrected chi connectivity index (χ0v) is 14.9. The number of nitrogens with zero attached hydrogens (tertiary/aromatic N) is 2. The molecule has 0 aliphatic rings. The number of amides is 1. The minimum Gasteiger partial charge on any atom is -0.462 e. The number of Topliss-reactive ketones (excluding diaryl/α,β-unsaturated/α-hetero) is 1. The lowest BCUT2D eigenvalue weighted by Gasteiger charge is -2.05. The second kappa shape index (κ2) is 8.06. The third-order valence-corrected chi connectivity index (χ3v) is 4.70. The van der Waals surface area contributed by atoms with Gasteiger partial charge in [-0.15, -0.1) is 10.2 Å². The first-order valence-electron chi connectivity index (χ1n) is 6.94. The SMILES string of the molecule is CCOC(=O)c1c(NC(=O)CSc2nncs2)oc(C)c1C(C)=O. The zero-order valence-electron chi connectivity index (χ0n) is 13.2. The highest BCUT2D eigenvalue weighted by molar-refractivity contribution is 8.01.